The maximum absolute atomic E-state index is 13.4. The van der Waals surface area contributed by atoms with Gasteiger partial charge in [0.15, 0.2) is 0 Å². The molecule has 1 rings (SSSR count). The highest BCUT2D eigenvalue weighted by Crippen LogP contribution is 2.17. The molecule has 0 aliphatic rings. The van der Waals surface area contributed by atoms with Crippen molar-refractivity contribution in [2.75, 3.05) is 0 Å². The van der Waals surface area contributed by atoms with Crippen molar-refractivity contribution in [3.05, 3.63) is 35.1 Å². The zero-order valence-electron chi connectivity index (χ0n) is 9.92. The molecule has 0 saturated carbocycles. The molecule has 0 aliphatic heterocycles. The van der Waals surface area contributed by atoms with Crippen molar-refractivity contribution in [2.45, 2.75) is 39.3 Å². The van der Waals surface area contributed by atoms with E-state index >= 15 is 0 Å². The van der Waals surface area contributed by atoms with Crippen LogP contribution in [0.15, 0.2) is 18.2 Å². The van der Waals surface area contributed by atoms with E-state index in [9.17, 15) is 4.39 Å². The van der Waals surface area contributed by atoms with Crippen LogP contribution in [0.1, 0.15) is 44.4 Å². The molecular formula is C13H17FN2. The fraction of sp³-hybridized carbons (Fsp3) is 0.462. The van der Waals surface area contributed by atoms with E-state index in [1.807, 2.05) is 13.0 Å². The zero-order valence-corrected chi connectivity index (χ0v) is 9.92. The number of halogens is 1. The quantitative estimate of drug-likeness (QED) is 0.846. The van der Waals surface area contributed by atoms with E-state index in [4.69, 9.17) is 5.26 Å². The topological polar surface area (TPSA) is 35.8 Å². The molecule has 0 radical (unpaired) electrons. The van der Waals surface area contributed by atoms with Gasteiger partial charge in [-0.3, -0.25) is 0 Å². The van der Waals surface area contributed by atoms with Crippen LogP contribution in [0.3, 0.4) is 0 Å². The number of rotatable bonds is 4. The van der Waals surface area contributed by atoms with Crippen LogP contribution < -0.4 is 5.32 Å². The van der Waals surface area contributed by atoms with Gasteiger partial charge in [-0.25, -0.2) is 4.39 Å². The molecule has 16 heavy (non-hydrogen) atoms. The molecule has 0 aliphatic carbocycles. The Morgan fingerprint density at radius 2 is 2.12 bits per heavy atom. The third-order valence-corrected chi connectivity index (χ3v) is 2.76. The first-order valence-electron chi connectivity index (χ1n) is 5.54. The van der Waals surface area contributed by atoms with Crippen LogP contribution in [0.25, 0.3) is 0 Å². The minimum atomic E-state index is -0.446. The first-order chi connectivity index (χ1) is 7.58. The van der Waals surface area contributed by atoms with Gasteiger partial charge in [-0.2, -0.15) is 5.26 Å². The van der Waals surface area contributed by atoms with Gasteiger partial charge in [0.1, 0.15) is 11.9 Å². The first kappa shape index (κ1) is 12.7. The second-order valence-electron chi connectivity index (χ2n) is 4.05. The Labute approximate surface area is 96.1 Å². The number of nitriles is 1. The fourth-order valence-corrected chi connectivity index (χ4v) is 1.53. The van der Waals surface area contributed by atoms with Crippen molar-refractivity contribution in [2.24, 2.45) is 0 Å². The van der Waals surface area contributed by atoms with Gasteiger partial charge >= 0.3 is 0 Å². The van der Waals surface area contributed by atoms with Crippen LogP contribution in [0.2, 0.25) is 0 Å². The van der Waals surface area contributed by atoms with E-state index in [1.54, 1.807) is 6.07 Å². The molecule has 3 heteroatoms. The highest BCUT2D eigenvalue weighted by molar-refractivity contribution is 5.34. The highest BCUT2D eigenvalue weighted by Gasteiger charge is 2.10. The summed E-state index contributed by atoms with van der Waals surface area (Å²) >= 11 is 0. The van der Waals surface area contributed by atoms with Gasteiger partial charge in [0.25, 0.3) is 0 Å². The molecule has 1 aromatic carbocycles. The Balaban J connectivity index is 2.81. The van der Waals surface area contributed by atoms with Gasteiger partial charge in [0.05, 0.1) is 5.56 Å². The molecule has 86 valence electrons. The van der Waals surface area contributed by atoms with Crippen molar-refractivity contribution >= 4 is 0 Å². The standard InChI is InChI=1S/C13H17FN2/c1-4-9(2)16-10(3)11-5-6-12(8-15)13(14)7-11/h5-7,9-10,16H,4H2,1-3H3. The largest absolute Gasteiger partial charge is 0.308 e. The lowest BCUT2D eigenvalue weighted by Crippen LogP contribution is -2.28. The molecule has 0 fully saturated rings. The van der Waals surface area contributed by atoms with E-state index in [-0.39, 0.29) is 11.6 Å². The molecule has 0 amide bonds. The average Bonchev–Trinajstić information content (AvgIpc) is 2.28. The maximum Gasteiger partial charge on any atom is 0.141 e. The van der Waals surface area contributed by atoms with Gasteiger partial charge in [0, 0.05) is 12.1 Å². The summed E-state index contributed by atoms with van der Waals surface area (Å²) in [6.45, 7) is 6.19. The third-order valence-electron chi connectivity index (χ3n) is 2.76. The van der Waals surface area contributed by atoms with Crippen molar-refractivity contribution in [3.63, 3.8) is 0 Å². The van der Waals surface area contributed by atoms with E-state index < -0.39 is 5.82 Å². The van der Waals surface area contributed by atoms with Crippen LogP contribution in [-0.2, 0) is 0 Å². The second-order valence-corrected chi connectivity index (χ2v) is 4.05. The molecule has 0 spiro atoms. The Morgan fingerprint density at radius 1 is 1.44 bits per heavy atom. The zero-order chi connectivity index (χ0) is 12.1. The second kappa shape index (κ2) is 5.62. The maximum atomic E-state index is 13.4. The summed E-state index contributed by atoms with van der Waals surface area (Å²) in [5.74, 6) is -0.446. The van der Waals surface area contributed by atoms with Crippen molar-refractivity contribution in [1.82, 2.24) is 5.32 Å². The number of benzene rings is 1. The van der Waals surface area contributed by atoms with Gasteiger partial charge in [-0.15, -0.1) is 0 Å². The van der Waals surface area contributed by atoms with Gasteiger partial charge in [0.2, 0.25) is 0 Å². The summed E-state index contributed by atoms with van der Waals surface area (Å²) in [7, 11) is 0. The Hall–Kier alpha value is -1.40. The number of hydrogen-bond acceptors (Lipinski definition) is 2. The van der Waals surface area contributed by atoms with Crippen molar-refractivity contribution in [1.29, 1.82) is 5.26 Å². The number of hydrogen-bond donors (Lipinski definition) is 1. The van der Waals surface area contributed by atoms with Gasteiger partial charge in [-0.05, 0) is 38.0 Å². The SMILES string of the molecule is CCC(C)NC(C)c1ccc(C#N)c(F)c1. The summed E-state index contributed by atoms with van der Waals surface area (Å²) in [4.78, 5) is 0. The summed E-state index contributed by atoms with van der Waals surface area (Å²) < 4.78 is 13.4. The van der Waals surface area contributed by atoms with Crippen LogP contribution in [0, 0.1) is 17.1 Å². The molecule has 0 heterocycles. The number of nitrogens with one attached hydrogen (secondary N) is 1. The molecule has 0 bridgehead atoms. The predicted octanol–water partition coefficient (Wildman–Crippen LogP) is 3.15. The van der Waals surface area contributed by atoms with E-state index in [0.29, 0.717) is 6.04 Å². The van der Waals surface area contributed by atoms with Crippen LogP contribution in [0.4, 0.5) is 4.39 Å². The van der Waals surface area contributed by atoms with Crippen molar-refractivity contribution in [3.8, 4) is 6.07 Å². The van der Waals surface area contributed by atoms with E-state index in [0.717, 1.165) is 12.0 Å². The number of nitrogens with zero attached hydrogens (tertiary/aromatic N) is 1. The predicted molar refractivity (Wildman–Crippen MR) is 62.4 cm³/mol. The molecule has 0 saturated heterocycles. The first-order valence-corrected chi connectivity index (χ1v) is 5.54. The smallest absolute Gasteiger partial charge is 0.141 e. The molecule has 2 atom stereocenters. The lowest BCUT2D eigenvalue weighted by molar-refractivity contribution is 0.467. The third kappa shape index (κ3) is 3.04. The van der Waals surface area contributed by atoms with E-state index in [1.165, 1.54) is 12.1 Å². The summed E-state index contributed by atoms with van der Waals surface area (Å²) in [5.41, 5.74) is 0.969. The minimum Gasteiger partial charge on any atom is -0.308 e. The Morgan fingerprint density at radius 3 is 2.62 bits per heavy atom. The molecular weight excluding hydrogens is 203 g/mol. The molecule has 0 aromatic heterocycles. The van der Waals surface area contributed by atoms with Gasteiger partial charge < -0.3 is 5.32 Å². The van der Waals surface area contributed by atoms with Gasteiger partial charge in [-0.1, -0.05) is 13.0 Å². The summed E-state index contributed by atoms with van der Waals surface area (Å²) in [6.07, 6.45) is 1.03. The molecule has 2 nitrogen and oxygen atoms in total. The fourth-order valence-electron chi connectivity index (χ4n) is 1.53. The minimum absolute atomic E-state index is 0.0946. The van der Waals surface area contributed by atoms with Crippen LogP contribution >= 0.6 is 0 Å². The summed E-state index contributed by atoms with van der Waals surface area (Å²) in [5, 5.41) is 12.0. The lowest BCUT2D eigenvalue weighted by Gasteiger charge is -2.19. The molecule has 1 aromatic rings. The highest BCUT2D eigenvalue weighted by atomic mass is 19.1. The van der Waals surface area contributed by atoms with Crippen LogP contribution in [0.5, 0.6) is 0 Å². The monoisotopic (exact) mass is 220 g/mol. The normalized spacial score (nSPS) is 14.2. The Bertz CT molecular complexity index is 395. The van der Waals surface area contributed by atoms with E-state index in [2.05, 4.69) is 19.2 Å². The van der Waals surface area contributed by atoms with Crippen molar-refractivity contribution < 1.29 is 4.39 Å². The molecule has 2 unspecified atom stereocenters. The summed E-state index contributed by atoms with van der Waals surface area (Å²) in [6, 6.07) is 7.06. The van der Waals surface area contributed by atoms with Crippen LogP contribution in [-0.4, -0.2) is 6.04 Å². The Kier molecular flexibility index (Phi) is 4.45. The average molecular weight is 220 g/mol. The lowest BCUT2D eigenvalue weighted by atomic mass is 10.0. The molecule has 1 N–H and O–H groups in total.